The van der Waals surface area contributed by atoms with E-state index in [9.17, 15) is 4.79 Å². The SMILES string of the molecule is COc1cc(OC)nc(CN2CCN(C(=O)C(C)Nc3c(-c4ccccc4)nc4cnccn34)CC2)n1. The van der Waals surface area contributed by atoms with Crippen molar-refractivity contribution in [3.63, 3.8) is 0 Å². The maximum atomic E-state index is 13.4. The second kappa shape index (κ2) is 10.8. The molecule has 11 nitrogen and oxygen atoms in total. The maximum Gasteiger partial charge on any atom is 0.244 e. The van der Waals surface area contributed by atoms with Crippen LogP contribution >= 0.6 is 0 Å². The largest absolute Gasteiger partial charge is 0.481 e. The van der Waals surface area contributed by atoms with E-state index in [2.05, 4.69) is 25.2 Å². The number of nitrogens with zero attached hydrogens (tertiary/aromatic N) is 7. The molecule has 1 aromatic carbocycles. The van der Waals surface area contributed by atoms with Crippen LogP contribution in [0.25, 0.3) is 16.9 Å². The lowest BCUT2D eigenvalue weighted by Crippen LogP contribution is -2.52. The maximum absolute atomic E-state index is 13.4. The number of benzene rings is 1. The number of hydrogen-bond acceptors (Lipinski definition) is 9. The van der Waals surface area contributed by atoms with Crippen LogP contribution in [-0.2, 0) is 11.3 Å². The Balaban J connectivity index is 1.25. The summed E-state index contributed by atoms with van der Waals surface area (Å²) in [6, 6.07) is 11.1. The molecule has 1 unspecified atom stereocenters. The van der Waals surface area contributed by atoms with Crippen molar-refractivity contribution >= 4 is 17.4 Å². The molecule has 0 radical (unpaired) electrons. The number of ether oxygens (including phenoxy) is 2. The fourth-order valence-electron chi connectivity index (χ4n) is 4.44. The summed E-state index contributed by atoms with van der Waals surface area (Å²) in [6.45, 7) is 5.12. The Hall–Kier alpha value is -4.25. The van der Waals surface area contributed by atoms with E-state index in [0.717, 1.165) is 30.2 Å². The molecule has 4 heterocycles. The molecule has 0 saturated carbocycles. The van der Waals surface area contributed by atoms with Gasteiger partial charge in [0.15, 0.2) is 5.65 Å². The first-order chi connectivity index (χ1) is 18.1. The molecule has 1 atom stereocenters. The van der Waals surface area contributed by atoms with E-state index in [-0.39, 0.29) is 5.91 Å². The van der Waals surface area contributed by atoms with E-state index in [1.165, 1.54) is 0 Å². The average molecular weight is 503 g/mol. The Morgan fingerprint density at radius 3 is 2.41 bits per heavy atom. The summed E-state index contributed by atoms with van der Waals surface area (Å²) in [6.07, 6.45) is 5.27. The molecule has 11 heteroatoms. The molecule has 1 aliphatic heterocycles. The number of methoxy groups -OCH3 is 2. The molecule has 0 spiro atoms. The minimum atomic E-state index is -0.437. The van der Waals surface area contributed by atoms with Crippen LogP contribution in [0.5, 0.6) is 11.8 Å². The first-order valence-electron chi connectivity index (χ1n) is 12.2. The number of carbonyl (C=O) groups excluding carboxylic acids is 1. The standard InChI is InChI=1S/C26H30N8O3/c1-18(28-25-24(19-7-5-4-6-8-19)31-21-16-27-9-10-34(21)25)26(35)33-13-11-32(12-14-33)17-20-29-22(36-2)15-23(30-20)37-3/h4-10,15-16,18,28H,11-14,17H2,1-3H3. The molecule has 5 rings (SSSR count). The molecule has 1 saturated heterocycles. The first kappa shape index (κ1) is 24.4. The van der Waals surface area contributed by atoms with Crippen molar-refractivity contribution in [2.24, 2.45) is 0 Å². The number of nitrogens with one attached hydrogen (secondary N) is 1. The van der Waals surface area contributed by atoms with E-state index < -0.39 is 6.04 Å². The van der Waals surface area contributed by atoms with Gasteiger partial charge in [0.25, 0.3) is 0 Å². The van der Waals surface area contributed by atoms with Crippen LogP contribution in [0.1, 0.15) is 12.7 Å². The van der Waals surface area contributed by atoms with Gasteiger partial charge in [-0.3, -0.25) is 19.1 Å². The highest BCUT2D eigenvalue weighted by atomic mass is 16.5. The molecule has 1 fully saturated rings. The van der Waals surface area contributed by atoms with Crippen molar-refractivity contribution in [3.8, 4) is 23.0 Å². The molecule has 0 bridgehead atoms. The van der Waals surface area contributed by atoms with Crippen LogP contribution in [0.15, 0.2) is 55.0 Å². The van der Waals surface area contributed by atoms with Crippen LogP contribution in [0, 0.1) is 0 Å². The van der Waals surface area contributed by atoms with Crippen molar-refractivity contribution in [3.05, 3.63) is 60.8 Å². The minimum Gasteiger partial charge on any atom is -0.481 e. The number of anilines is 1. The average Bonchev–Trinajstić information content (AvgIpc) is 3.31. The van der Waals surface area contributed by atoms with Gasteiger partial charge in [-0.15, -0.1) is 0 Å². The summed E-state index contributed by atoms with van der Waals surface area (Å²) in [4.78, 5) is 35.3. The summed E-state index contributed by atoms with van der Waals surface area (Å²) in [5.41, 5.74) is 2.47. The zero-order valence-electron chi connectivity index (χ0n) is 21.2. The van der Waals surface area contributed by atoms with Gasteiger partial charge in [-0.1, -0.05) is 30.3 Å². The highest BCUT2D eigenvalue weighted by Gasteiger charge is 2.27. The van der Waals surface area contributed by atoms with Crippen LogP contribution in [0.2, 0.25) is 0 Å². The molecule has 0 aliphatic carbocycles. The smallest absolute Gasteiger partial charge is 0.244 e. The first-order valence-corrected chi connectivity index (χ1v) is 12.2. The third-order valence-electron chi connectivity index (χ3n) is 6.39. The zero-order chi connectivity index (χ0) is 25.8. The van der Waals surface area contributed by atoms with E-state index >= 15 is 0 Å². The molecule has 192 valence electrons. The van der Waals surface area contributed by atoms with Crippen LogP contribution in [0.4, 0.5) is 5.82 Å². The van der Waals surface area contributed by atoms with Gasteiger partial charge in [-0.25, -0.2) is 4.98 Å². The van der Waals surface area contributed by atoms with Gasteiger partial charge in [0.05, 0.1) is 33.0 Å². The lowest BCUT2D eigenvalue weighted by molar-refractivity contribution is -0.133. The quantitative estimate of drug-likeness (QED) is 0.388. The summed E-state index contributed by atoms with van der Waals surface area (Å²) in [7, 11) is 3.13. The molecule has 1 amide bonds. The van der Waals surface area contributed by atoms with E-state index in [1.54, 1.807) is 32.7 Å². The molecule has 4 aromatic rings. The monoisotopic (exact) mass is 502 g/mol. The van der Waals surface area contributed by atoms with Gasteiger partial charge in [0.2, 0.25) is 17.7 Å². The number of piperazine rings is 1. The number of fused-ring (bicyclic) bond motifs is 1. The van der Waals surface area contributed by atoms with Crippen LogP contribution in [-0.4, -0.2) is 86.5 Å². The van der Waals surface area contributed by atoms with Gasteiger partial charge in [-0.05, 0) is 6.92 Å². The molecular weight excluding hydrogens is 472 g/mol. The van der Waals surface area contributed by atoms with Gasteiger partial charge < -0.3 is 19.7 Å². The summed E-state index contributed by atoms with van der Waals surface area (Å²) < 4.78 is 12.4. The van der Waals surface area contributed by atoms with Crippen LogP contribution < -0.4 is 14.8 Å². The number of amides is 1. The molecular formula is C26H30N8O3. The van der Waals surface area contributed by atoms with Gasteiger partial charge in [0, 0.05) is 44.1 Å². The normalized spacial score (nSPS) is 14.9. The Morgan fingerprint density at radius 1 is 1.03 bits per heavy atom. The Morgan fingerprint density at radius 2 is 1.73 bits per heavy atom. The van der Waals surface area contributed by atoms with Gasteiger partial charge in [0.1, 0.15) is 23.4 Å². The molecule has 3 aromatic heterocycles. The zero-order valence-corrected chi connectivity index (χ0v) is 21.2. The lowest BCUT2D eigenvalue weighted by Gasteiger charge is -2.35. The Labute approximate surface area is 215 Å². The van der Waals surface area contributed by atoms with E-state index in [4.69, 9.17) is 14.5 Å². The fraction of sp³-hybridized carbons (Fsp3) is 0.346. The number of carbonyl (C=O) groups is 1. The summed E-state index contributed by atoms with van der Waals surface area (Å²) >= 11 is 0. The highest BCUT2D eigenvalue weighted by molar-refractivity contribution is 5.86. The van der Waals surface area contributed by atoms with Crippen molar-refractivity contribution in [2.75, 3.05) is 45.7 Å². The molecule has 37 heavy (non-hydrogen) atoms. The molecule has 1 aliphatic rings. The van der Waals surface area contributed by atoms with Crippen LogP contribution in [0.3, 0.4) is 0 Å². The summed E-state index contributed by atoms with van der Waals surface area (Å²) in [5, 5.41) is 3.43. The number of aromatic nitrogens is 5. The highest BCUT2D eigenvalue weighted by Crippen LogP contribution is 2.29. The topological polar surface area (TPSA) is 110 Å². The minimum absolute atomic E-state index is 0.0435. The predicted octanol–water partition coefficient (Wildman–Crippen LogP) is 2.35. The van der Waals surface area contributed by atoms with Gasteiger partial charge >= 0.3 is 0 Å². The second-order valence-electron chi connectivity index (χ2n) is 8.82. The number of rotatable bonds is 8. The lowest BCUT2D eigenvalue weighted by atomic mass is 10.1. The van der Waals surface area contributed by atoms with Crippen molar-refractivity contribution in [1.29, 1.82) is 0 Å². The fourth-order valence-corrected chi connectivity index (χ4v) is 4.44. The van der Waals surface area contributed by atoms with Crippen molar-refractivity contribution in [2.45, 2.75) is 19.5 Å². The number of imidazole rings is 1. The summed E-state index contributed by atoms with van der Waals surface area (Å²) in [5.74, 6) is 2.37. The van der Waals surface area contributed by atoms with E-state index in [0.29, 0.717) is 42.9 Å². The Kier molecular flexibility index (Phi) is 7.13. The van der Waals surface area contributed by atoms with Crippen molar-refractivity contribution in [1.82, 2.24) is 34.1 Å². The Bertz CT molecular complexity index is 1350. The number of hydrogen-bond donors (Lipinski definition) is 1. The van der Waals surface area contributed by atoms with E-state index in [1.807, 2.05) is 52.8 Å². The third-order valence-corrected chi connectivity index (χ3v) is 6.39. The molecule has 1 N–H and O–H groups in total. The predicted molar refractivity (Wildman–Crippen MR) is 139 cm³/mol. The second-order valence-corrected chi connectivity index (χ2v) is 8.82. The third kappa shape index (κ3) is 5.31. The van der Waals surface area contributed by atoms with Crippen molar-refractivity contribution < 1.29 is 14.3 Å². The van der Waals surface area contributed by atoms with Gasteiger partial charge in [-0.2, -0.15) is 9.97 Å².